The number of halogens is 3. The van der Waals surface area contributed by atoms with Gasteiger partial charge in [-0.3, -0.25) is 9.78 Å². The number of aromatic nitrogens is 3. The van der Waals surface area contributed by atoms with E-state index in [1.165, 1.54) is 18.3 Å². The molecule has 0 N–H and O–H groups in total. The van der Waals surface area contributed by atoms with Crippen molar-refractivity contribution >= 4 is 45.0 Å². The third-order valence-corrected chi connectivity index (χ3v) is 8.66. The second-order valence-electron chi connectivity index (χ2n) is 10.9. The Kier molecular flexibility index (Phi) is 7.67. The van der Waals surface area contributed by atoms with Gasteiger partial charge in [-0.25, -0.2) is 8.78 Å². The first kappa shape index (κ1) is 28.2. The Bertz CT molecular complexity index is 1700. The van der Waals surface area contributed by atoms with Gasteiger partial charge in [0.15, 0.2) is 5.82 Å². The summed E-state index contributed by atoms with van der Waals surface area (Å²) in [6.07, 6.45) is 4.92. The molecule has 2 aromatic carbocycles. The molecular formula is C31H31ClF2N6O2. The molecule has 0 spiro atoms. The zero-order valence-corrected chi connectivity index (χ0v) is 24.2. The second kappa shape index (κ2) is 11.4. The van der Waals surface area contributed by atoms with Gasteiger partial charge in [-0.2, -0.15) is 9.97 Å². The lowest BCUT2D eigenvalue weighted by Gasteiger charge is -2.40. The molecule has 4 aromatic rings. The van der Waals surface area contributed by atoms with Crippen LogP contribution in [0.4, 0.5) is 14.6 Å². The Hall–Kier alpha value is -3.89. The summed E-state index contributed by atoms with van der Waals surface area (Å²) in [6.45, 7) is 8.31. The molecule has 2 saturated heterocycles. The van der Waals surface area contributed by atoms with Gasteiger partial charge in [0.1, 0.15) is 29.5 Å². The summed E-state index contributed by atoms with van der Waals surface area (Å²) in [5.41, 5.74) is 0.403. The van der Waals surface area contributed by atoms with Gasteiger partial charge in [0.25, 0.3) is 0 Å². The number of likely N-dealkylation sites (N-methyl/N-ethyl adjacent to an activating group) is 1. The number of rotatable bonds is 6. The van der Waals surface area contributed by atoms with Crippen molar-refractivity contribution in [2.75, 3.05) is 44.7 Å². The molecule has 4 heterocycles. The van der Waals surface area contributed by atoms with Crippen LogP contribution in [0.5, 0.6) is 6.01 Å². The lowest BCUT2D eigenvalue weighted by molar-refractivity contribution is -0.128. The Morgan fingerprint density at radius 1 is 1.19 bits per heavy atom. The fraction of sp³-hybridized carbons (Fsp3) is 0.355. The van der Waals surface area contributed by atoms with E-state index in [-0.39, 0.29) is 40.2 Å². The van der Waals surface area contributed by atoms with Crippen LogP contribution in [0.2, 0.25) is 5.02 Å². The molecule has 11 heteroatoms. The number of piperazine rings is 1. The van der Waals surface area contributed by atoms with E-state index >= 15 is 4.39 Å². The van der Waals surface area contributed by atoms with Gasteiger partial charge in [-0.05, 0) is 50.9 Å². The summed E-state index contributed by atoms with van der Waals surface area (Å²) in [6, 6.07) is 8.23. The maximum absolute atomic E-state index is 16.5. The van der Waals surface area contributed by atoms with Gasteiger partial charge in [-0.15, -0.1) is 0 Å². The normalized spacial score (nSPS) is 19.5. The number of nitrogens with zero attached hydrogens (tertiary/aromatic N) is 6. The van der Waals surface area contributed by atoms with Crippen molar-refractivity contribution < 1.29 is 18.3 Å². The minimum Gasteiger partial charge on any atom is -0.462 e. The Labute approximate surface area is 247 Å². The third-order valence-electron chi connectivity index (χ3n) is 8.29. The van der Waals surface area contributed by atoms with Gasteiger partial charge in [0, 0.05) is 48.9 Å². The quantitative estimate of drug-likeness (QED) is 0.275. The molecule has 0 saturated carbocycles. The van der Waals surface area contributed by atoms with Gasteiger partial charge in [0.05, 0.1) is 10.4 Å². The molecule has 6 rings (SSSR count). The summed E-state index contributed by atoms with van der Waals surface area (Å²) in [4.78, 5) is 32.0. The standard InChI is InChI=1S/C31H31ClF2N6O2/c1-4-24(41)40-14-13-39(16-18(40)2)30-22-15-35-28(21-9-5-7-19-10-11-23(33)26(32)25(19)21)27(34)29(22)36-31(37-30)42-17-20-8-6-12-38(20)3/h4-5,7,9-11,15,18,20H,1,6,8,12-14,16-17H2,2-3H3/t18-,20+/m1/s1. The minimum absolute atomic E-state index is 0.00138. The van der Waals surface area contributed by atoms with E-state index in [0.29, 0.717) is 53.8 Å². The molecule has 8 nitrogen and oxygen atoms in total. The number of hydrogen-bond donors (Lipinski definition) is 0. The highest BCUT2D eigenvalue weighted by Crippen LogP contribution is 2.38. The number of anilines is 1. The monoisotopic (exact) mass is 592 g/mol. The van der Waals surface area contributed by atoms with Crippen LogP contribution in [0.25, 0.3) is 32.9 Å². The van der Waals surface area contributed by atoms with Crippen LogP contribution in [0, 0.1) is 11.6 Å². The average molecular weight is 593 g/mol. The predicted molar refractivity (Wildman–Crippen MR) is 160 cm³/mol. The zero-order valence-electron chi connectivity index (χ0n) is 23.5. The number of amides is 1. The number of hydrogen-bond acceptors (Lipinski definition) is 7. The summed E-state index contributed by atoms with van der Waals surface area (Å²) in [5, 5.41) is 1.35. The summed E-state index contributed by atoms with van der Waals surface area (Å²) in [5.74, 6) is -0.937. The number of carbonyl (C=O) groups is 1. The number of ether oxygens (including phenoxy) is 1. The van der Waals surface area contributed by atoms with Gasteiger partial charge < -0.3 is 19.4 Å². The molecule has 218 valence electrons. The van der Waals surface area contributed by atoms with E-state index in [4.69, 9.17) is 21.3 Å². The first-order chi connectivity index (χ1) is 20.3. The molecule has 42 heavy (non-hydrogen) atoms. The maximum Gasteiger partial charge on any atom is 0.319 e. The van der Waals surface area contributed by atoms with Gasteiger partial charge in [-0.1, -0.05) is 42.4 Å². The third kappa shape index (κ3) is 5.03. The van der Waals surface area contributed by atoms with E-state index in [1.807, 2.05) is 11.8 Å². The molecular weight excluding hydrogens is 562 g/mol. The number of benzene rings is 2. The van der Waals surface area contributed by atoms with Crippen LogP contribution < -0.4 is 9.64 Å². The van der Waals surface area contributed by atoms with Gasteiger partial charge in [0.2, 0.25) is 5.91 Å². The Morgan fingerprint density at radius 3 is 2.76 bits per heavy atom. The number of pyridine rings is 1. The highest BCUT2D eigenvalue weighted by atomic mass is 35.5. The van der Waals surface area contributed by atoms with Crippen LogP contribution in [0.1, 0.15) is 19.8 Å². The lowest BCUT2D eigenvalue weighted by atomic mass is 10.0. The second-order valence-corrected chi connectivity index (χ2v) is 11.3. The number of fused-ring (bicyclic) bond motifs is 2. The van der Waals surface area contributed by atoms with Crippen LogP contribution in [0.15, 0.2) is 49.2 Å². The van der Waals surface area contributed by atoms with Crippen molar-refractivity contribution in [3.8, 4) is 17.3 Å². The van der Waals surface area contributed by atoms with Gasteiger partial charge >= 0.3 is 6.01 Å². The molecule has 1 amide bonds. The zero-order chi connectivity index (χ0) is 29.5. The van der Waals surface area contributed by atoms with Crippen LogP contribution >= 0.6 is 11.6 Å². The van der Waals surface area contributed by atoms with E-state index in [9.17, 15) is 9.18 Å². The summed E-state index contributed by atoms with van der Waals surface area (Å²) >= 11 is 6.36. The number of carbonyl (C=O) groups excluding carboxylic acids is 1. The maximum atomic E-state index is 16.5. The fourth-order valence-electron chi connectivity index (χ4n) is 5.98. The first-order valence-electron chi connectivity index (χ1n) is 14.0. The van der Waals surface area contributed by atoms with Crippen LogP contribution in [-0.2, 0) is 4.79 Å². The Balaban J connectivity index is 1.46. The van der Waals surface area contributed by atoms with Crippen molar-refractivity contribution in [2.45, 2.75) is 31.8 Å². The fourth-order valence-corrected chi connectivity index (χ4v) is 6.25. The van der Waals surface area contributed by atoms with E-state index in [0.717, 1.165) is 19.4 Å². The van der Waals surface area contributed by atoms with Crippen LogP contribution in [0.3, 0.4) is 0 Å². The van der Waals surface area contributed by atoms with E-state index < -0.39 is 11.6 Å². The SMILES string of the molecule is C=CC(=O)N1CCN(c2nc(OC[C@@H]3CCCN3C)nc3c(F)c(-c4cccc5ccc(F)c(Cl)c45)ncc23)C[C@H]1C. The van der Waals surface area contributed by atoms with Crippen molar-refractivity contribution in [3.63, 3.8) is 0 Å². The Morgan fingerprint density at radius 2 is 2.02 bits per heavy atom. The van der Waals surface area contributed by atoms with Crippen molar-refractivity contribution in [1.29, 1.82) is 0 Å². The van der Waals surface area contributed by atoms with E-state index in [1.54, 1.807) is 29.2 Å². The highest BCUT2D eigenvalue weighted by molar-refractivity contribution is 6.36. The largest absolute Gasteiger partial charge is 0.462 e. The number of likely N-dealkylation sites (tertiary alicyclic amines) is 1. The van der Waals surface area contributed by atoms with Crippen molar-refractivity contribution in [3.05, 3.63) is 65.8 Å². The molecule has 2 atom stereocenters. The van der Waals surface area contributed by atoms with E-state index in [2.05, 4.69) is 28.5 Å². The summed E-state index contributed by atoms with van der Waals surface area (Å²) < 4.78 is 37.0. The molecule has 0 aliphatic carbocycles. The molecule has 2 aliphatic rings. The molecule has 0 unspecified atom stereocenters. The molecule has 2 aliphatic heterocycles. The first-order valence-corrected chi connectivity index (χ1v) is 14.4. The van der Waals surface area contributed by atoms with Crippen molar-refractivity contribution in [2.24, 2.45) is 0 Å². The molecule has 2 aromatic heterocycles. The lowest BCUT2D eigenvalue weighted by Crippen LogP contribution is -2.54. The summed E-state index contributed by atoms with van der Waals surface area (Å²) in [7, 11) is 2.05. The minimum atomic E-state index is -0.680. The van der Waals surface area contributed by atoms with Crippen LogP contribution in [-0.4, -0.2) is 82.6 Å². The molecule has 2 fully saturated rings. The smallest absolute Gasteiger partial charge is 0.319 e. The van der Waals surface area contributed by atoms with Crippen molar-refractivity contribution in [1.82, 2.24) is 24.8 Å². The average Bonchev–Trinajstić information content (AvgIpc) is 3.41. The predicted octanol–water partition coefficient (Wildman–Crippen LogP) is 5.47. The molecule has 0 radical (unpaired) electrons. The highest BCUT2D eigenvalue weighted by Gasteiger charge is 2.30. The molecule has 0 bridgehead atoms. The topological polar surface area (TPSA) is 74.7 Å².